The first-order valence-electron chi connectivity index (χ1n) is 6.76. The van der Waals surface area contributed by atoms with Crippen LogP contribution in [0.5, 0.6) is 5.75 Å². The van der Waals surface area contributed by atoms with Crippen LogP contribution in [0.3, 0.4) is 0 Å². The summed E-state index contributed by atoms with van der Waals surface area (Å²) in [6.07, 6.45) is 0. The summed E-state index contributed by atoms with van der Waals surface area (Å²) in [5.74, 6) is 0.880. The number of nitrogens with one attached hydrogen (secondary N) is 1. The molecule has 0 amide bonds. The Morgan fingerprint density at radius 1 is 1.05 bits per heavy atom. The maximum atomic E-state index is 6.37. The molecule has 1 unspecified atom stereocenters. The van der Waals surface area contributed by atoms with E-state index in [1.807, 2.05) is 19.2 Å². The van der Waals surface area contributed by atoms with E-state index in [-0.39, 0.29) is 6.04 Å². The van der Waals surface area contributed by atoms with E-state index in [0.717, 1.165) is 22.4 Å². The van der Waals surface area contributed by atoms with Crippen molar-refractivity contribution in [1.29, 1.82) is 0 Å². The largest absolute Gasteiger partial charge is 0.496 e. The van der Waals surface area contributed by atoms with E-state index in [0.29, 0.717) is 10.0 Å². The number of rotatable bonds is 4. The third kappa shape index (κ3) is 3.03. The van der Waals surface area contributed by atoms with E-state index >= 15 is 0 Å². The lowest BCUT2D eigenvalue weighted by atomic mass is 9.94. The van der Waals surface area contributed by atoms with Gasteiger partial charge in [0.15, 0.2) is 0 Å². The lowest BCUT2D eigenvalue weighted by Gasteiger charge is -2.23. The average Bonchev–Trinajstić information content (AvgIpc) is 2.48. The normalized spacial score (nSPS) is 12.3. The van der Waals surface area contributed by atoms with Crippen LogP contribution in [0, 0.1) is 13.8 Å². The summed E-state index contributed by atoms with van der Waals surface area (Å²) in [6, 6.07) is 9.75. The van der Waals surface area contributed by atoms with Gasteiger partial charge in [0.05, 0.1) is 23.2 Å². The molecule has 112 valence electrons. The maximum Gasteiger partial charge on any atom is 0.127 e. The van der Waals surface area contributed by atoms with Crippen molar-refractivity contribution in [3.05, 3.63) is 62.6 Å². The lowest BCUT2D eigenvalue weighted by molar-refractivity contribution is 0.402. The minimum atomic E-state index is -0.0783. The molecule has 0 aliphatic rings. The molecule has 2 aromatic rings. The van der Waals surface area contributed by atoms with E-state index in [2.05, 4.69) is 31.3 Å². The molecule has 0 spiro atoms. The topological polar surface area (TPSA) is 21.3 Å². The van der Waals surface area contributed by atoms with Crippen molar-refractivity contribution in [1.82, 2.24) is 5.32 Å². The zero-order valence-electron chi connectivity index (χ0n) is 12.6. The third-order valence-corrected chi connectivity index (χ3v) is 4.64. The second-order valence-electron chi connectivity index (χ2n) is 4.99. The number of hydrogen-bond acceptors (Lipinski definition) is 2. The molecule has 1 N–H and O–H groups in total. The fourth-order valence-corrected chi connectivity index (χ4v) is 2.95. The highest BCUT2D eigenvalue weighted by Crippen LogP contribution is 2.38. The minimum absolute atomic E-state index is 0.0783. The Morgan fingerprint density at radius 3 is 2.38 bits per heavy atom. The molecule has 4 heteroatoms. The Bertz CT molecular complexity index is 655. The third-order valence-electron chi connectivity index (χ3n) is 3.80. The molecule has 0 saturated heterocycles. The van der Waals surface area contributed by atoms with Gasteiger partial charge in [0.2, 0.25) is 0 Å². The highest BCUT2D eigenvalue weighted by molar-refractivity contribution is 6.42. The molecule has 2 aromatic carbocycles. The van der Waals surface area contributed by atoms with Crippen molar-refractivity contribution in [3.63, 3.8) is 0 Å². The van der Waals surface area contributed by atoms with Crippen LogP contribution in [0.1, 0.15) is 28.3 Å². The number of benzene rings is 2. The summed E-state index contributed by atoms with van der Waals surface area (Å²) in [5, 5.41) is 4.42. The van der Waals surface area contributed by atoms with Crippen LogP contribution in [-0.4, -0.2) is 14.2 Å². The Labute approximate surface area is 136 Å². The quantitative estimate of drug-likeness (QED) is 0.861. The Balaban J connectivity index is 2.62. The minimum Gasteiger partial charge on any atom is -0.496 e. The number of hydrogen-bond donors (Lipinski definition) is 1. The molecule has 21 heavy (non-hydrogen) atoms. The smallest absolute Gasteiger partial charge is 0.127 e. The van der Waals surface area contributed by atoms with Gasteiger partial charge in [0.1, 0.15) is 5.75 Å². The van der Waals surface area contributed by atoms with Crippen LogP contribution in [0.2, 0.25) is 10.0 Å². The van der Waals surface area contributed by atoms with Gasteiger partial charge in [-0.15, -0.1) is 0 Å². The Morgan fingerprint density at radius 2 is 1.76 bits per heavy atom. The molecule has 0 saturated carbocycles. The monoisotopic (exact) mass is 323 g/mol. The number of aryl methyl sites for hydroxylation is 1. The van der Waals surface area contributed by atoms with Gasteiger partial charge in [-0.3, -0.25) is 0 Å². The molecular formula is C17H19Cl2NO. The van der Waals surface area contributed by atoms with E-state index in [9.17, 15) is 0 Å². The zero-order valence-corrected chi connectivity index (χ0v) is 14.1. The highest BCUT2D eigenvalue weighted by atomic mass is 35.5. The predicted molar refractivity (Wildman–Crippen MR) is 89.8 cm³/mol. The fraction of sp³-hybridized carbons (Fsp3) is 0.294. The second kappa shape index (κ2) is 6.69. The van der Waals surface area contributed by atoms with Crippen molar-refractivity contribution in [2.75, 3.05) is 14.2 Å². The summed E-state index contributed by atoms with van der Waals surface area (Å²) in [4.78, 5) is 0. The first-order chi connectivity index (χ1) is 10.0. The van der Waals surface area contributed by atoms with Crippen LogP contribution in [0.4, 0.5) is 0 Å². The van der Waals surface area contributed by atoms with Gasteiger partial charge < -0.3 is 10.1 Å². The van der Waals surface area contributed by atoms with Crippen LogP contribution in [-0.2, 0) is 0 Å². The number of halogens is 2. The first kappa shape index (κ1) is 16.2. The van der Waals surface area contributed by atoms with Crippen LogP contribution in [0.15, 0.2) is 30.3 Å². The molecule has 0 bridgehead atoms. The molecular weight excluding hydrogens is 305 g/mol. The van der Waals surface area contributed by atoms with E-state index in [1.165, 1.54) is 5.56 Å². The second-order valence-corrected chi connectivity index (χ2v) is 5.78. The summed E-state index contributed by atoms with van der Waals surface area (Å²) in [7, 11) is 3.59. The zero-order chi connectivity index (χ0) is 15.6. The molecule has 0 aliphatic carbocycles. The molecule has 1 atom stereocenters. The van der Waals surface area contributed by atoms with Gasteiger partial charge >= 0.3 is 0 Å². The molecule has 0 aliphatic heterocycles. The van der Waals surface area contributed by atoms with Crippen molar-refractivity contribution < 1.29 is 4.74 Å². The average molecular weight is 324 g/mol. The molecule has 2 nitrogen and oxygen atoms in total. The molecule has 2 rings (SSSR count). The fourth-order valence-electron chi connectivity index (χ4n) is 2.53. The standard InChI is InChI=1S/C17H19Cl2NO/c1-10-8-9-13(17(21-4)11(10)2)16(20-3)12-6-5-7-14(18)15(12)19/h5-9,16,20H,1-4H3. The van der Waals surface area contributed by atoms with Gasteiger partial charge in [-0.05, 0) is 43.7 Å². The maximum absolute atomic E-state index is 6.37. The SMILES string of the molecule is CNC(c1cccc(Cl)c1Cl)c1ccc(C)c(C)c1OC. The van der Waals surface area contributed by atoms with Crippen molar-refractivity contribution >= 4 is 23.2 Å². The Kier molecular flexibility index (Phi) is 5.15. The van der Waals surface area contributed by atoms with Crippen molar-refractivity contribution in [2.45, 2.75) is 19.9 Å². The molecule has 0 radical (unpaired) electrons. The summed E-state index contributed by atoms with van der Waals surface area (Å²) < 4.78 is 5.62. The molecule has 0 fully saturated rings. The predicted octanol–water partition coefficient (Wildman–Crippen LogP) is 4.93. The van der Waals surface area contributed by atoms with Gasteiger partial charge in [-0.1, -0.05) is 47.5 Å². The Hall–Kier alpha value is -1.22. The first-order valence-corrected chi connectivity index (χ1v) is 7.52. The van der Waals surface area contributed by atoms with E-state index in [4.69, 9.17) is 27.9 Å². The van der Waals surface area contributed by atoms with Gasteiger partial charge in [0.25, 0.3) is 0 Å². The molecule has 0 heterocycles. The number of methoxy groups -OCH3 is 1. The van der Waals surface area contributed by atoms with Crippen LogP contribution >= 0.6 is 23.2 Å². The van der Waals surface area contributed by atoms with Gasteiger partial charge in [-0.25, -0.2) is 0 Å². The molecule has 0 aromatic heterocycles. The summed E-state index contributed by atoms with van der Waals surface area (Å²) in [5.41, 5.74) is 4.32. The van der Waals surface area contributed by atoms with E-state index < -0.39 is 0 Å². The summed E-state index contributed by atoms with van der Waals surface area (Å²) in [6.45, 7) is 4.13. The van der Waals surface area contributed by atoms with Crippen molar-refractivity contribution in [3.8, 4) is 5.75 Å². The summed E-state index contributed by atoms with van der Waals surface area (Å²) >= 11 is 12.5. The highest BCUT2D eigenvalue weighted by Gasteiger charge is 2.21. The lowest BCUT2D eigenvalue weighted by Crippen LogP contribution is -2.19. The van der Waals surface area contributed by atoms with Gasteiger partial charge in [0, 0.05) is 5.56 Å². The van der Waals surface area contributed by atoms with Crippen LogP contribution in [0.25, 0.3) is 0 Å². The van der Waals surface area contributed by atoms with Crippen LogP contribution < -0.4 is 10.1 Å². The number of ether oxygens (including phenoxy) is 1. The van der Waals surface area contributed by atoms with E-state index in [1.54, 1.807) is 13.2 Å². The van der Waals surface area contributed by atoms with Crippen molar-refractivity contribution in [2.24, 2.45) is 0 Å². The van der Waals surface area contributed by atoms with Gasteiger partial charge in [-0.2, -0.15) is 0 Å².